The summed E-state index contributed by atoms with van der Waals surface area (Å²) in [5, 5.41) is 36.5. The molecular weight excluding hydrogens is 586 g/mol. The van der Waals surface area contributed by atoms with Crippen LogP contribution in [0, 0.1) is 12.7 Å². The molecule has 0 unspecified atom stereocenters. The van der Waals surface area contributed by atoms with Gasteiger partial charge in [-0.05, 0) is 48.7 Å². The Balaban J connectivity index is 1.53. The van der Waals surface area contributed by atoms with Gasteiger partial charge < -0.3 is 30.9 Å². The molecule has 3 aromatic rings. The molecule has 13 heteroatoms. The second kappa shape index (κ2) is 13.4. The molecule has 1 fully saturated rings. The lowest BCUT2D eigenvalue weighted by Crippen LogP contribution is -2.55. The van der Waals surface area contributed by atoms with Gasteiger partial charge >= 0.3 is 6.18 Å². The van der Waals surface area contributed by atoms with Gasteiger partial charge in [-0.3, -0.25) is 14.4 Å². The number of nitrogens with zero attached hydrogens (tertiary/aromatic N) is 1. The zero-order chi connectivity index (χ0) is 32.2. The van der Waals surface area contributed by atoms with Crippen LogP contribution in [0.15, 0.2) is 66.7 Å². The van der Waals surface area contributed by atoms with E-state index in [-0.39, 0.29) is 36.3 Å². The van der Waals surface area contributed by atoms with Crippen molar-refractivity contribution in [1.82, 2.24) is 15.5 Å². The molecule has 0 aromatic heterocycles. The van der Waals surface area contributed by atoms with Gasteiger partial charge in [-0.2, -0.15) is 13.2 Å². The second-order valence-corrected chi connectivity index (χ2v) is 10.6. The van der Waals surface area contributed by atoms with E-state index in [0.717, 1.165) is 17.0 Å². The van der Waals surface area contributed by atoms with Crippen molar-refractivity contribution in [2.45, 2.75) is 56.8 Å². The zero-order valence-electron chi connectivity index (χ0n) is 23.5. The maximum absolute atomic E-state index is 13.6. The highest BCUT2D eigenvalue weighted by Crippen LogP contribution is 2.32. The van der Waals surface area contributed by atoms with E-state index in [4.69, 9.17) is 0 Å². The number of nitrogens with one attached hydrogen (secondary N) is 2. The number of carbonyl (C=O) groups excluding carboxylic acids is 3. The highest BCUT2D eigenvalue weighted by molar-refractivity contribution is 5.97. The first kappa shape index (κ1) is 32.4. The fourth-order valence-corrected chi connectivity index (χ4v) is 5.14. The maximum atomic E-state index is 13.6. The minimum atomic E-state index is -4.88. The number of rotatable bonds is 9. The Morgan fingerprint density at radius 3 is 2.43 bits per heavy atom. The molecule has 9 nitrogen and oxygen atoms in total. The summed E-state index contributed by atoms with van der Waals surface area (Å²) < 4.78 is 53.7. The Morgan fingerprint density at radius 2 is 1.75 bits per heavy atom. The fraction of sp³-hybridized carbons (Fsp3) is 0.323. The molecule has 0 radical (unpaired) electrons. The lowest BCUT2D eigenvalue weighted by Gasteiger charge is -2.30. The summed E-state index contributed by atoms with van der Waals surface area (Å²) in [6.07, 6.45) is -8.21. The van der Waals surface area contributed by atoms with Crippen LogP contribution in [0.25, 0.3) is 0 Å². The summed E-state index contributed by atoms with van der Waals surface area (Å²) in [4.78, 5) is 40.7. The van der Waals surface area contributed by atoms with Crippen LogP contribution in [0.2, 0.25) is 0 Å². The average molecular weight is 618 g/mol. The molecule has 4 atom stereocenters. The van der Waals surface area contributed by atoms with E-state index in [9.17, 15) is 47.3 Å². The minimum absolute atomic E-state index is 0.00457. The Bertz CT molecular complexity index is 1520. The molecule has 1 aliphatic heterocycles. The number of aromatic hydroxyl groups is 1. The molecule has 0 aliphatic carbocycles. The van der Waals surface area contributed by atoms with E-state index in [0.29, 0.717) is 11.6 Å². The monoisotopic (exact) mass is 617 g/mol. The van der Waals surface area contributed by atoms with Crippen LogP contribution in [0.3, 0.4) is 0 Å². The molecule has 1 heterocycles. The molecule has 4 rings (SSSR count). The molecule has 1 aliphatic rings. The van der Waals surface area contributed by atoms with Crippen LogP contribution in [0.1, 0.15) is 39.0 Å². The van der Waals surface area contributed by atoms with Gasteiger partial charge in [-0.1, -0.05) is 42.5 Å². The maximum Gasteiger partial charge on any atom is 0.416 e. The minimum Gasteiger partial charge on any atom is -0.508 e. The van der Waals surface area contributed by atoms with E-state index in [1.807, 2.05) is 0 Å². The van der Waals surface area contributed by atoms with Gasteiger partial charge in [-0.15, -0.1) is 0 Å². The summed E-state index contributed by atoms with van der Waals surface area (Å²) in [6.45, 7) is 0.535. The van der Waals surface area contributed by atoms with E-state index in [1.165, 1.54) is 25.1 Å². The van der Waals surface area contributed by atoms with Crippen molar-refractivity contribution in [3.05, 3.63) is 100 Å². The van der Waals surface area contributed by atoms with Gasteiger partial charge in [0.2, 0.25) is 5.91 Å². The first-order valence-corrected chi connectivity index (χ1v) is 13.7. The number of amides is 3. The molecule has 0 saturated carbocycles. The normalized spacial score (nSPS) is 18.0. The largest absolute Gasteiger partial charge is 0.508 e. The highest BCUT2D eigenvalue weighted by Gasteiger charge is 2.43. The molecule has 0 bridgehead atoms. The second-order valence-electron chi connectivity index (χ2n) is 10.6. The van der Waals surface area contributed by atoms with Gasteiger partial charge in [0, 0.05) is 30.6 Å². The third-order valence-corrected chi connectivity index (χ3v) is 7.49. The molecular formula is C31H31F4N3O6. The van der Waals surface area contributed by atoms with Gasteiger partial charge in [-0.25, -0.2) is 4.39 Å². The number of alkyl halides is 3. The zero-order valence-corrected chi connectivity index (χ0v) is 23.5. The summed E-state index contributed by atoms with van der Waals surface area (Å²) in [7, 11) is 0. The van der Waals surface area contributed by atoms with E-state index < -0.39 is 71.7 Å². The lowest BCUT2D eigenvalue weighted by molar-refractivity contribution is -0.146. The Labute approximate surface area is 250 Å². The molecule has 0 spiro atoms. The number of phenolic OH excluding ortho intramolecular Hbond substituents is 1. The van der Waals surface area contributed by atoms with Crippen LogP contribution in [0.5, 0.6) is 5.75 Å². The van der Waals surface area contributed by atoms with Crippen LogP contribution >= 0.6 is 0 Å². The molecule has 1 saturated heterocycles. The van der Waals surface area contributed by atoms with Crippen LogP contribution < -0.4 is 10.6 Å². The van der Waals surface area contributed by atoms with E-state index >= 15 is 0 Å². The van der Waals surface area contributed by atoms with Crippen molar-refractivity contribution in [2.75, 3.05) is 6.54 Å². The summed E-state index contributed by atoms with van der Waals surface area (Å²) in [5.74, 6) is -3.79. The summed E-state index contributed by atoms with van der Waals surface area (Å²) in [6, 6.07) is 12.4. The Morgan fingerprint density at radius 1 is 1.05 bits per heavy atom. The third-order valence-electron chi connectivity index (χ3n) is 7.49. The van der Waals surface area contributed by atoms with Crippen LogP contribution in [0.4, 0.5) is 17.6 Å². The number of halogens is 4. The quantitative estimate of drug-likeness (QED) is 0.234. The van der Waals surface area contributed by atoms with Gasteiger partial charge in [0.15, 0.2) is 6.10 Å². The number of phenols is 1. The topological polar surface area (TPSA) is 139 Å². The number of hydrogen-bond donors (Lipinski definition) is 5. The first-order chi connectivity index (χ1) is 20.8. The third kappa shape index (κ3) is 7.53. The SMILES string of the molecule is Cc1c(O)cccc1C(=O)N[C@@H](Cc1ccccc1)[C@H](O)C(=O)N1C[C@H](O)C[C@H]1C(=O)NCc1ccc(F)cc1C(F)(F)F. The number of aliphatic hydroxyl groups excluding tert-OH is 2. The average Bonchev–Trinajstić information content (AvgIpc) is 3.38. The van der Waals surface area contributed by atoms with Gasteiger partial charge in [0.1, 0.15) is 17.6 Å². The molecule has 234 valence electrons. The fourth-order valence-electron chi connectivity index (χ4n) is 5.14. The number of hydrogen-bond acceptors (Lipinski definition) is 6. The number of benzene rings is 3. The van der Waals surface area contributed by atoms with Crippen LogP contribution in [-0.4, -0.2) is 68.8 Å². The standard InChI is InChI=1S/C31H31F4N3O6/c1-17-22(8-5-9-26(17)40)28(42)37-24(12-18-6-3-2-4-7-18)27(41)30(44)38-16-21(39)14-25(38)29(43)36-15-19-10-11-20(32)13-23(19)31(33,34)35/h2-11,13,21,24-25,27,39-41H,12,14-16H2,1H3,(H,36,43)(H,37,42)/t21-,24+,25+,27+/m1/s1. The van der Waals surface area contributed by atoms with Gasteiger partial charge in [0.25, 0.3) is 11.8 Å². The lowest BCUT2D eigenvalue weighted by atomic mass is 9.98. The van der Waals surface area contributed by atoms with Crippen molar-refractivity contribution < 1.29 is 47.3 Å². The number of likely N-dealkylation sites (tertiary alicyclic amines) is 1. The van der Waals surface area contributed by atoms with Crippen molar-refractivity contribution in [2.24, 2.45) is 0 Å². The van der Waals surface area contributed by atoms with Gasteiger partial charge in [0.05, 0.1) is 17.7 Å². The van der Waals surface area contributed by atoms with E-state index in [2.05, 4.69) is 10.6 Å². The van der Waals surface area contributed by atoms with Crippen molar-refractivity contribution in [3.63, 3.8) is 0 Å². The first-order valence-electron chi connectivity index (χ1n) is 13.7. The highest BCUT2D eigenvalue weighted by atomic mass is 19.4. The Kier molecular flexibility index (Phi) is 9.90. The predicted octanol–water partition coefficient (Wildman–Crippen LogP) is 2.84. The van der Waals surface area contributed by atoms with Crippen molar-refractivity contribution in [3.8, 4) is 5.75 Å². The number of aliphatic hydroxyl groups is 2. The Hall–Kier alpha value is -4.49. The number of carbonyl (C=O) groups is 3. The number of β-amino-alcohol motifs (C(OH)–C–C–N with tert-alkyl or cyclic N) is 1. The van der Waals surface area contributed by atoms with E-state index in [1.54, 1.807) is 30.3 Å². The summed E-state index contributed by atoms with van der Waals surface area (Å²) >= 11 is 0. The molecule has 3 amide bonds. The van der Waals surface area contributed by atoms with Crippen molar-refractivity contribution >= 4 is 17.7 Å². The van der Waals surface area contributed by atoms with Crippen molar-refractivity contribution in [1.29, 1.82) is 0 Å². The smallest absolute Gasteiger partial charge is 0.416 e. The summed E-state index contributed by atoms with van der Waals surface area (Å²) in [5.41, 5.74) is -0.632. The predicted molar refractivity (Wildman–Crippen MR) is 150 cm³/mol. The molecule has 5 N–H and O–H groups in total. The molecule has 3 aromatic carbocycles. The van der Waals surface area contributed by atoms with Crippen LogP contribution in [-0.2, 0) is 28.7 Å². The molecule has 44 heavy (non-hydrogen) atoms.